The van der Waals surface area contributed by atoms with Crippen molar-refractivity contribution >= 4 is 23.8 Å². The van der Waals surface area contributed by atoms with E-state index in [0.717, 1.165) is 11.8 Å². The maximum absolute atomic E-state index is 5.88. The molecule has 2 heteroatoms. The molecule has 0 bridgehead atoms. The van der Waals surface area contributed by atoms with Crippen LogP contribution in [0.5, 0.6) is 0 Å². The lowest BCUT2D eigenvalue weighted by Crippen LogP contribution is -1.97. The molecule has 0 saturated heterocycles. The van der Waals surface area contributed by atoms with E-state index in [1.165, 1.54) is 5.56 Å². The standard InChI is InChI=1S/C9H10BBr/c10-9(6-7-11)8-4-2-1-3-5-8/h1-5,9H,6-7H2. The molecule has 1 aromatic rings. The average Bonchev–Trinajstić information content (AvgIpc) is 2.07. The van der Waals surface area contributed by atoms with Gasteiger partial charge in [0.25, 0.3) is 0 Å². The van der Waals surface area contributed by atoms with Gasteiger partial charge in [-0.15, -0.1) is 0 Å². The summed E-state index contributed by atoms with van der Waals surface area (Å²) in [5.74, 6) is 0.176. The molecule has 1 aromatic carbocycles. The van der Waals surface area contributed by atoms with Crippen LogP contribution in [0.25, 0.3) is 0 Å². The largest absolute Gasteiger partial charge is 0.0928 e. The van der Waals surface area contributed by atoms with E-state index in [4.69, 9.17) is 7.85 Å². The highest BCUT2D eigenvalue weighted by Gasteiger charge is 2.01. The molecule has 0 nitrogen and oxygen atoms in total. The Morgan fingerprint density at radius 3 is 2.45 bits per heavy atom. The second-order valence-corrected chi connectivity index (χ2v) is 3.29. The fraction of sp³-hybridized carbons (Fsp3) is 0.333. The number of alkyl halides is 1. The maximum atomic E-state index is 5.88. The van der Waals surface area contributed by atoms with Crippen LogP contribution in [0.15, 0.2) is 30.3 Å². The van der Waals surface area contributed by atoms with Gasteiger partial charge in [0.15, 0.2) is 0 Å². The Balaban J connectivity index is 2.61. The second-order valence-electron chi connectivity index (χ2n) is 2.49. The van der Waals surface area contributed by atoms with E-state index in [-0.39, 0.29) is 5.82 Å². The van der Waals surface area contributed by atoms with Crippen molar-refractivity contribution in [3.63, 3.8) is 0 Å². The zero-order chi connectivity index (χ0) is 8.10. The van der Waals surface area contributed by atoms with E-state index in [1.54, 1.807) is 0 Å². The zero-order valence-corrected chi connectivity index (χ0v) is 7.92. The average molecular weight is 209 g/mol. The Hall–Kier alpha value is -0.235. The molecular formula is C9H10BBr. The molecule has 0 aromatic heterocycles. The van der Waals surface area contributed by atoms with Crippen molar-refractivity contribution in [1.82, 2.24) is 0 Å². The van der Waals surface area contributed by atoms with E-state index in [2.05, 4.69) is 28.1 Å². The minimum Gasteiger partial charge on any atom is -0.0928 e. The quantitative estimate of drug-likeness (QED) is 0.530. The van der Waals surface area contributed by atoms with E-state index in [0.29, 0.717) is 0 Å². The molecule has 11 heavy (non-hydrogen) atoms. The second kappa shape index (κ2) is 4.60. The summed E-state index contributed by atoms with van der Waals surface area (Å²) in [6.45, 7) is 0. The third kappa shape index (κ3) is 2.70. The summed E-state index contributed by atoms with van der Waals surface area (Å²) in [5, 5.41) is 0.961. The molecule has 0 saturated carbocycles. The molecule has 56 valence electrons. The van der Waals surface area contributed by atoms with Gasteiger partial charge in [-0.1, -0.05) is 57.6 Å². The summed E-state index contributed by atoms with van der Waals surface area (Å²) in [6, 6.07) is 10.2. The molecular weight excluding hydrogens is 199 g/mol. The summed E-state index contributed by atoms with van der Waals surface area (Å²) < 4.78 is 0. The predicted molar refractivity (Wildman–Crippen MR) is 53.3 cm³/mol. The molecule has 2 radical (unpaired) electrons. The minimum atomic E-state index is 0.176. The topological polar surface area (TPSA) is 0 Å². The van der Waals surface area contributed by atoms with Gasteiger partial charge in [-0.2, -0.15) is 0 Å². The van der Waals surface area contributed by atoms with Crippen molar-refractivity contribution in [2.45, 2.75) is 12.2 Å². The highest BCUT2D eigenvalue weighted by Crippen LogP contribution is 2.15. The van der Waals surface area contributed by atoms with Crippen LogP contribution < -0.4 is 0 Å². The molecule has 0 aliphatic carbocycles. The Labute approximate surface area is 77.5 Å². The van der Waals surface area contributed by atoms with Crippen LogP contribution in [0.2, 0.25) is 0 Å². The van der Waals surface area contributed by atoms with Crippen molar-refractivity contribution in [2.75, 3.05) is 5.33 Å². The van der Waals surface area contributed by atoms with Gasteiger partial charge in [-0.25, -0.2) is 0 Å². The SMILES string of the molecule is [B]C(CCBr)c1ccccc1. The lowest BCUT2D eigenvalue weighted by atomic mass is 9.79. The molecule has 0 aliphatic rings. The Morgan fingerprint density at radius 2 is 1.91 bits per heavy atom. The van der Waals surface area contributed by atoms with Crippen molar-refractivity contribution < 1.29 is 0 Å². The van der Waals surface area contributed by atoms with Crippen molar-refractivity contribution in [3.05, 3.63) is 35.9 Å². The van der Waals surface area contributed by atoms with Crippen LogP contribution in [0.4, 0.5) is 0 Å². The van der Waals surface area contributed by atoms with E-state index >= 15 is 0 Å². The molecule has 0 N–H and O–H groups in total. The van der Waals surface area contributed by atoms with Crippen LogP contribution in [-0.2, 0) is 0 Å². The molecule has 0 spiro atoms. The Kier molecular flexibility index (Phi) is 3.71. The summed E-state index contributed by atoms with van der Waals surface area (Å²) in [5.41, 5.74) is 1.21. The molecule has 1 rings (SSSR count). The minimum absolute atomic E-state index is 0.176. The number of benzene rings is 1. The first-order valence-electron chi connectivity index (χ1n) is 3.71. The Bertz CT molecular complexity index is 198. The molecule has 0 aliphatic heterocycles. The first-order valence-corrected chi connectivity index (χ1v) is 4.83. The number of halogens is 1. The van der Waals surface area contributed by atoms with Gasteiger partial charge in [0.1, 0.15) is 0 Å². The molecule has 1 unspecified atom stereocenters. The molecule has 1 atom stereocenters. The molecule has 0 amide bonds. The summed E-state index contributed by atoms with van der Waals surface area (Å²) >= 11 is 3.37. The van der Waals surface area contributed by atoms with Crippen molar-refractivity contribution in [3.8, 4) is 0 Å². The van der Waals surface area contributed by atoms with Crippen LogP contribution in [-0.4, -0.2) is 13.2 Å². The third-order valence-electron chi connectivity index (χ3n) is 1.65. The van der Waals surface area contributed by atoms with Crippen LogP contribution in [0.3, 0.4) is 0 Å². The van der Waals surface area contributed by atoms with E-state index in [9.17, 15) is 0 Å². The monoisotopic (exact) mass is 208 g/mol. The van der Waals surface area contributed by atoms with Crippen molar-refractivity contribution in [1.29, 1.82) is 0 Å². The highest BCUT2D eigenvalue weighted by molar-refractivity contribution is 9.09. The van der Waals surface area contributed by atoms with Crippen molar-refractivity contribution in [2.24, 2.45) is 0 Å². The molecule has 0 heterocycles. The van der Waals surface area contributed by atoms with E-state index < -0.39 is 0 Å². The molecule has 0 fully saturated rings. The van der Waals surface area contributed by atoms with E-state index in [1.807, 2.05) is 18.2 Å². The summed E-state index contributed by atoms with van der Waals surface area (Å²) in [7, 11) is 5.88. The first kappa shape index (κ1) is 8.86. The van der Waals surface area contributed by atoms with Gasteiger partial charge >= 0.3 is 0 Å². The first-order chi connectivity index (χ1) is 5.34. The fourth-order valence-electron chi connectivity index (χ4n) is 0.984. The Morgan fingerprint density at radius 1 is 1.27 bits per heavy atom. The van der Waals surface area contributed by atoms with Gasteiger partial charge in [-0.3, -0.25) is 0 Å². The van der Waals surface area contributed by atoms with Crippen LogP contribution in [0, 0.1) is 0 Å². The maximum Gasteiger partial charge on any atom is 0.0763 e. The van der Waals surface area contributed by atoms with Gasteiger partial charge in [-0.05, 0) is 6.42 Å². The van der Waals surface area contributed by atoms with Crippen LogP contribution in [0.1, 0.15) is 17.8 Å². The third-order valence-corrected chi connectivity index (χ3v) is 2.11. The fourth-order valence-corrected chi connectivity index (χ4v) is 1.48. The van der Waals surface area contributed by atoms with Crippen LogP contribution >= 0.6 is 15.9 Å². The predicted octanol–water partition coefficient (Wildman–Crippen LogP) is 2.68. The number of rotatable bonds is 3. The summed E-state index contributed by atoms with van der Waals surface area (Å²) in [6.07, 6.45) is 0.990. The lowest BCUT2D eigenvalue weighted by Gasteiger charge is -2.08. The zero-order valence-electron chi connectivity index (χ0n) is 6.33. The smallest absolute Gasteiger partial charge is 0.0763 e. The van der Waals surface area contributed by atoms with Gasteiger partial charge in [0.2, 0.25) is 0 Å². The van der Waals surface area contributed by atoms with Gasteiger partial charge in [0, 0.05) is 5.33 Å². The number of hydrogen-bond acceptors (Lipinski definition) is 0. The summed E-state index contributed by atoms with van der Waals surface area (Å²) in [4.78, 5) is 0. The number of hydrogen-bond donors (Lipinski definition) is 0. The highest BCUT2D eigenvalue weighted by atomic mass is 79.9. The normalized spacial score (nSPS) is 12.8. The van der Waals surface area contributed by atoms with Gasteiger partial charge < -0.3 is 0 Å². The van der Waals surface area contributed by atoms with Gasteiger partial charge in [0.05, 0.1) is 7.85 Å². The lowest BCUT2D eigenvalue weighted by molar-refractivity contribution is 0.898.